The largest absolute Gasteiger partial charge is 0.357 e. The van der Waals surface area contributed by atoms with Crippen LogP contribution < -0.4 is 5.32 Å². The van der Waals surface area contributed by atoms with Gasteiger partial charge in [-0.25, -0.2) is 0 Å². The van der Waals surface area contributed by atoms with E-state index < -0.39 is 0 Å². The SMILES string of the molecule is CCNC(=NCCC(=O)N(C)Cc1ccccc1)N(C)Cc1cccn1C. The zero-order valence-corrected chi connectivity index (χ0v) is 16.9. The molecule has 146 valence electrons. The highest BCUT2D eigenvalue weighted by atomic mass is 16.2. The summed E-state index contributed by atoms with van der Waals surface area (Å²) in [6.45, 7) is 4.69. The summed E-state index contributed by atoms with van der Waals surface area (Å²) in [6.07, 6.45) is 2.44. The second-order valence-electron chi connectivity index (χ2n) is 6.69. The van der Waals surface area contributed by atoms with E-state index in [0.717, 1.165) is 24.6 Å². The highest BCUT2D eigenvalue weighted by Gasteiger charge is 2.11. The van der Waals surface area contributed by atoms with Gasteiger partial charge in [-0.15, -0.1) is 0 Å². The third-order valence-corrected chi connectivity index (χ3v) is 4.42. The van der Waals surface area contributed by atoms with Gasteiger partial charge in [0.05, 0.1) is 13.1 Å². The van der Waals surface area contributed by atoms with Crippen LogP contribution in [0.1, 0.15) is 24.6 Å². The van der Waals surface area contributed by atoms with Crippen molar-refractivity contribution in [1.82, 2.24) is 19.7 Å². The Morgan fingerprint density at radius 2 is 1.81 bits per heavy atom. The van der Waals surface area contributed by atoms with Crippen molar-refractivity contribution in [2.24, 2.45) is 12.0 Å². The van der Waals surface area contributed by atoms with E-state index in [1.54, 1.807) is 4.90 Å². The Kier molecular flexibility index (Phi) is 7.92. The first-order valence-corrected chi connectivity index (χ1v) is 9.38. The lowest BCUT2D eigenvalue weighted by Gasteiger charge is -2.22. The second kappa shape index (κ2) is 10.4. The van der Waals surface area contributed by atoms with Gasteiger partial charge in [0.15, 0.2) is 5.96 Å². The van der Waals surface area contributed by atoms with Crippen LogP contribution in [0.3, 0.4) is 0 Å². The van der Waals surface area contributed by atoms with Gasteiger partial charge in [-0.05, 0) is 24.6 Å². The highest BCUT2D eigenvalue weighted by Crippen LogP contribution is 2.06. The molecule has 0 bridgehead atoms. The molecule has 1 aromatic carbocycles. The van der Waals surface area contributed by atoms with Gasteiger partial charge in [0.2, 0.25) is 5.91 Å². The summed E-state index contributed by atoms with van der Waals surface area (Å²) in [4.78, 5) is 20.8. The molecule has 1 N–H and O–H groups in total. The summed E-state index contributed by atoms with van der Waals surface area (Å²) in [5, 5.41) is 3.30. The van der Waals surface area contributed by atoms with E-state index >= 15 is 0 Å². The fourth-order valence-electron chi connectivity index (χ4n) is 2.84. The average Bonchev–Trinajstić information content (AvgIpc) is 3.06. The van der Waals surface area contributed by atoms with Crippen molar-refractivity contribution in [3.63, 3.8) is 0 Å². The first-order chi connectivity index (χ1) is 13.0. The number of hydrogen-bond acceptors (Lipinski definition) is 2. The first kappa shape index (κ1) is 20.6. The smallest absolute Gasteiger partial charge is 0.224 e. The van der Waals surface area contributed by atoms with Crippen LogP contribution in [0.5, 0.6) is 0 Å². The number of nitrogens with zero attached hydrogens (tertiary/aromatic N) is 4. The van der Waals surface area contributed by atoms with Gasteiger partial charge >= 0.3 is 0 Å². The number of benzene rings is 1. The number of amides is 1. The maximum Gasteiger partial charge on any atom is 0.224 e. The van der Waals surface area contributed by atoms with Crippen LogP contribution in [-0.2, 0) is 24.9 Å². The van der Waals surface area contributed by atoms with E-state index in [2.05, 4.69) is 25.8 Å². The topological polar surface area (TPSA) is 52.9 Å². The summed E-state index contributed by atoms with van der Waals surface area (Å²) in [5.41, 5.74) is 2.34. The summed E-state index contributed by atoms with van der Waals surface area (Å²) in [6, 6.07) is 14.2. The van der Waals surface area contributed by atoms with Crippen molar-refractivity contribution in [2.75, 3.05) is 27.2 Å². The van der Waals surface area contributed by atoms with Crippen LogP contribution in [0.15, 0.2) is 53.7 Å². The molecule has 2 aromatic rings. The standard InChI is InChI=1S/C21H31N5O/c1-5-22-21(26(4)17-19-12-9-15-24(19)2)23-14-13-20(27)25(3)16-18-10-7-6-8-11-18/h6-12,15H,5,13-14,16-17H2,1-4H3,(H,22,23). The van der Waals surface area contributed by atoms with E-state index in [9.17, 15) is 4.79 Å². The number of guanidine groups is 1. The molecule has 6 heteroatoms. The van der Waals surface area contributed by atoms with Crippen LogP contribution in [0.2, 0.25) is 0 Å². The molecular weight excluding hydrogens is 338 g/mol. The van der Waals surface area contributed by atoms with Crippen molar-refractivity contribution >= 4 is 11.9 Å². The number of carbonyl (C=O) groups excluding carboxylic acids is 1. The zero-order chi connectivity index (χ0) is 19.6. The van der Waals surface area contributed by atoms with Gasteiger partial charge in [0.25, 0.3) is 0 Å². The lowest BCUT2D eigenvalue weighted by Crippen LogP contribution is -2.39. The Morgan fingerprint density at radius 3 is 2.44 bits per heavy atom. The van der Waals surface area contributed by atoms with E-state index in [0.29, 0.717) is 19.5 Å². The summed E-state index contributed by atoms with van der Waals surface area (Å²) >= 11 is 0. The molecule has 0 radical (unpaired) electrons. The Labute approximate surface area is 162 Å². The van der Waals surface area contributed by atoms with Gasteiger partial charge in [0, 0.05) is 52.5 Å². The number of carbonyl (C=O) groups is 1. The van der Waals surface area contributed by atoms with Crippen LogP contribution in [0.4, 0.5) is 0 Å². The minimum atomic E-state index is 0.100. The third kappa shape index (κ3) is 6.47. The zero-order valence-electron chi connectivity index (χ0n) is 16.9. The lowest BCUT2D eigenvalue weighted by atomic mass is 10.2. The molecule has 0 saturated heterocycles. The number of aliphatic imine (C=N–C) groups is 1. The minimum Gasteiger partial charge on any atom is -0.357 e. The molecule has 2 rings (SSSR count). The number of aromatic nitrogens is 1. The first-order valence-electron chi connectivity index (χ1n) is 9.38. The predicted octanol–water partition coefficient (Wildman–Crippen LogP) is 2.47. The van der Waals surface area contributed by atoms with Gasteiger partial charge < -0.3 is 19.7 Å². The molecule has 0 saturated carbocycles. The Morgan fingerprint density at radius 1 is 1.07 bits per heavy atom. The van der Waals surface area contributed by atoms with Crippen molar-refractivity contribution in [2.45, 2.75) is 26.4 Å². The molecule has 0 aliphatic rings. The quantitative estimate of drug-likeness (QED) is 0.574. The highest BCUT2D eigenvalue weighted by molar-refractivity contribution is 5.80. The van der Waals surface area contributed by atoms with E-state index in [1.807, 2.05) is 70.7 Å². The van der Waals surface area contributed by atoms with E-state index in [-0.39, 0.29) is 5.91 Å². The van der Waals surface area contributed by atoms with Crippen LogP contribution >= 0.6 is 0 Å². The molecule has 1 heterocycles. The molecular formula is C21H31N5O. The molecule has 0 unspecified atom stereocenters. The van der Waals surface area contributed by atoms with Crippen molar-refractivity contribution in [3.05, 3.63) is 59.9 Å². The summed E-state index contributed by atoms with van der Waals surface area (Å²) in [7, 11) is 5.89. The minimum absolute atomic E-state index is 0.100. The number of nitrogens with one attached hydrogen (secondary N) is 1. The van der Waals surface area contributed by atoms with Crippen molar-refractivity contribution < 1.29 is 4.79 Å². The Hall–Kier alpha value is -2.76. The van der Waals surface area contributed by atoms with Gasteiger partial charge in [-0.1, -0.05) is 30.3 Å². The lowest BCUT2D eigenvalue weighted by molar-refractivity contribution is -0.130. The average molecular weight is 370 g/mol. The molecule has 1 aromatic heterocycles. The predicted molar refractivity (Wildman–Crippen MR) is 110 cm³/mol. The molecule has 0 aliphatic carbocycles. The van der Waals surface area contributed by atoms with Crippen LogP contribution in [0.25, 0.3) is 0 Å². The van der Waals surface area contributed by atoms with Gasteiger partial charge in [0.1, 0.15) is 0 Å². The van der Waals surface area contributed by atoms with Gasteiger partial charge in [-0.2, -0.15) is 0 Å². The van der Waals surface area contributed by atoms with Crippen LogP contribution in [0, 0.1) is 0 Å². The summed E-state index contributed by atoms with van der Waals surface area (Å²) in [5.74, 6) is 0.917. The van der Waals surface area contributed by atoms with Crippen LogP contribution in [-0.4, -0.2) is 53.4 Å². The second-order valence-corrected chi connectivity index (χ2v) is 6.69. The van der Waals surface area contributed by atoms with Gasteiger partial charge in [-0.3, -0.25) is 9.79 Å². The maximum absolute atomic E-state index is 12.4. The molecule has 0 atom stereocenters. The summed E-state index contributed by atoms with van der Waals surface area (Å²) < 4.78 is 2.10. The van der Waals surface area contributed by atoms with Crippen molar-refractivity contribution in [1.29, 1.82) is 0 Å². The molecule has 0 aliphatic heterocycles. The Balaban J connectivity index is 1.88. The molecule has 27 heavy (non-hydrogen) atoms. The van der Waals surface area contributed by atoms with E-state index in [1.165, 1.54) is 5.69 Å². The fourth-order valence-corrected chi connectivity index (χ4v) is 2.84. The number of aryl methyl sites for hydroxylation is 1. The van der Waals surface area contributed by atoms with Crippen molar-refractivity contribution in [3.8, 4) is 0 Å². The molecule has 6 nitrogen and oxygen atoms in total. The third-order valence-electron chi connectivity index (χ3n) is 4.42. The molecule has 0 spiro atoms. The monoisotopic (exact) mass is 369 g/mol. The van der Waals surface area contributed by atoms with E-state index in [4.69, 9.17) is 0 Å². The normalized spacial score (nSPS) is 11.3. The molecule has 0 fully saturated rings. The Bertz CT molecular complexity index is 738. The number of rotatable bonds is 8. The molecule has 1 amide bonds. The fraction of sp³-hybridized carbons (Fsp3) is 0.429. The number of hydrogen-bond donors (Lipinski definition) is 1. The maximum atomic E-state index is 12.4.